The Hall–Kier alpha value is -0.610. The lowest BCUT2D eigenvalue weighted by Gasteiger charge is -2.20. The van der Waals surface area contributed by atoms with Crippen LogP contribution in [0.3, 0.4) is 0 Å². The summed E-state index contributed by atoms with van der Waals surface area (Å²) in [5.41, 5.74) is 0. The van der Waals surface area contributed by atoms with Crippen molar-refractivity contribution in [2.24, 2.45) is 5.92 Å². The molecule has 0 radical (unpaired) electrons. The van der Waals surface area contributed by atoms with E-state index in [1.807, 2.05) is 13.8 Å². The molecule has 0 aromatic carbocycles. The summed E-state index contributed by atoms with van der Waals surface area (Å²) in [4.78, 5) is 10.7. The molecule has 4 heteroatoms. The van der Waals surface area contributed by atoms with Crippen LogP contribution < -0.4 is 0 Å². The molecule has 0 aromatic rings. The normalized spacial score (nSPS) is 15.3. The van der Waals surface area contributed by atoms with Crippen molar-refractivity contribution in [2.45, 2.75) is 45.3 Å². The SMILES string of the molecule is COC(=O)CCC[C@@H](O)[C@@H](O)C(C)C. The van der Waals surface area contributed by atoms with Crippen LogP contribution in [0.4, 0.5) is 0 Å². The molecule has 0 aromatic heterocycles. The van der Waals surface area contributed by atoms with Gasteiger partial charge in [0, 0.05) is 6.42 Å². The van der Waals surface area contributed by atoms with Gasteiger partial charge < -0.3 is 14.9 Å². The Balaban J connectivity index is 3.63. The van der Waals surface area contributed by atoms with Crippen LogP contribution in [0.25, 0.3) is 0 Å². The van der Waals surface area contributed by atoms with Gasteiger partial charge in [-0.05, 0) is 18.8 Å². The molecule has 0 amide bonds. The molecule has 84 valence electrons. The van der Waals surface area contributed by atoms with Crippen molar-refractivity contribution in [2.75, 3.05) is 7.11 Å². The predicted molar refractivity (Wildman–Crippen MR) is 52.7 cm³/mol. The highest BCUT2D eigenvalue weighted by molar-refractivity contribution is 5.68. The van der Waals surface area contributed by atoms with Crippen LogP contribution in [-0.4, -0.2) is 35.5 Å². The van der Waals surface area contributed by atoms with E-state index in [2.05, 4.69) is 4.74 Å². The fourth-order valence-electron chi connectivity index (χ4n) is 1.17. The first kappa shape index (κ1) is 13.4. The molecule has 0 aliphatic heterocycles. The van der Waals surface area contributed by atoms with E-state index in [0.717, 1.165) is 0 Å². The Labute approximate surface area is 84.9 Å². The van der Waals surface area contributed by atoms with E-state index < -0.39 is 12.2 Å². The predicted octanol–water partition coefficient (Wildman–Crippen LogP) is 0.707. The van der Waals surface area contributed by atoms with Crippen LogP contribution in [0.1, 0.15) is 33.1 Å². The minimum absolute atomic E-state index is 0.0307. The van der Waals surface area contributed by atoms with E-state index in [1.54, 1.807) is 0 Å². The largest absolute Gasteiger partial charge is 0.469 e. The fraction of sp³-hybridized carbons (Fsp3) is 0.900. The highest BCUT2D eigenvalue weighted by atomic mass is 16.5. The number of esters is 1. The number of rotatable bonds is 6. The maximum Gasteiger partial charge on any atom is 0.305 e. The van der Waals surface area contributed by atoms with Gasteiger partial charge in [0.2, 0.25) is 0 Å². The minimum Gasteiger partial charge on any atom is -0.469 e. The lowest BCUT2D eigenvalue weighted by Crippen LogP contribution is -2.30. The molecule has 14 heavy (non-hydrogen) atoms. The van der Waals surface area contributed by atoms with Crippen LogP contribution >= 0.6 is 0 Å². The average Bonchev–Trinajstić information content (AvgIpc) is 2.15. The summed E-state index contributed by atoms with van der Waals surface area (Å²) in [6, 6.07) is 0. The molecular formula is C10H20O4. The number of hydrogen-bond acceptors (Lipinski definition) is 4. The van der Waals surface area contributed by atoms with Crippen molar-refractivity contribution < 1.29 is 19.7 Å². The van der Waals surface area contributed by atoms with Gasteiger partial charge in [-0.25, -0.2) is 0 Å². The summed E-state index contributed by atoms with van der Waals surface area (Å²) in [5.74, 6) is -0.251. The van der Waals surface area contributed by atoms with Crippen molar-refractivity contribution in [3.05, 3.63) is 0 Å². The molecule has 0 spiro atoms. The molecule has 0 rings (SSSR count). The van der Waals surface area contributed by atoms with E-state index in [0.29, 0.717) is 19.3 Å². The van der Waals surface area contributed by atoms with Crippen LogP contribution in [-0.2, 0) is 9.53 Å². The molecule has 0 aliphatic rings. The van der Waals surface area contributed by atoms with Gasteiger partial charge in [-0.3, -0.25) is 4.79 Å². The van der Waals surface area contributed by atoms with E-state index in [1.165, 1.54) is 7.11 Å². The molecule has 0 saturated heterocycles. The number of ether oxygens (including phenoxy) is 1. The smallest absolute Gasteiger partial charge is 0.305 e. The van der Waals surface area contributed by atoms with Gasteiger partial charge >= 0.3 is 5.97 Å². The molecule has 0 fully saturated rings. The zero-order valence-corrected chi connectivity index (χ0v) is 9.06. The maximum atomic E-state index is 10.7. The number of aliphatic hydroxyl groups is 2. The molecule has 0 heterocycles. The quantitative estimate of drug-likeness (QED) is 0.625. The first-order valence-electron chi connectivity index (χ1n) is 4.92. The van der Waals surface area contributed by atoms with Gasteiger partial charge in [0.25, 0.3) is 0 Å². The van der Waals surface area contributed by atoms with Crippen molar-refractivity contribution in [3.8, 4) is 0 Å². The van der Waals surface area contributed by atoms with Crippen LogP contribution in [0, 0.1) is 5.92 Å². The van der Waals surface area contributed by atoms with E-state index in [4.69, 9.17) is 0 Å². The molecule has 0 saturated carbocycles. The van der Waals surface area contributed by atoms with Crippen molar-refractivity contribution >= 4 is 5.97 Å². The van der Waals surface area contributed by atoms with Crippen molar-refractivity contribution in [1.29, 1.82) is 0 Å². The molecule has 0 aliphatic carbocycles. The van der Waals surface area contributed by atoms with Gasteiger partial charge in [0.15, 0.2) is 0 Å². The topological polar surface area (TPSA) is 66.8 Å². The highest BCUT2D eigenvalue weighted by Crippen LogP contribution is 2.12. The van der Waals surface area contributed by atoms with E-state index in [-0.39, 0.29) is 11.9 Å². The summed E-state index contributed by atoms with van der Waals surface area (Å²) >= 11 is 0. The number of methoxy groups -OCH3 is 1. The molecular weight excluding hydrogens is 184 g/mol. The van der Waals surface area contributed by atoms with Crippen LogP contribution in [0.15, 0.2) is 0 Å². The second-order valence-corrected chi connectivity index (χ2v) is 3.77. The third-order valence-corrected chi connectivity index (χ3v) is 2.19. The molecule has 0 unspecified atom stereocenters. The first-order chi connectivity index (χ1) is 6.49. The molecule has 0 bridgehead atoms. The Morgan fingerprint density at radius 1 is 1.36 bits per heavy atom. The van der Waals surface area contributed by atoms with Gasteiger partial charge in [-0.2, -0.15) is 0 Å². The van der Waals surface area contributed by atoms with Crippen molar-refractivity contribution in [3.63, 3.8) is 0 Å². The zero-order chi connectivity index (χ0) is 11.1. The van der Waals surface area contributed by atoms with Crippen LogP contribution in [0.5, 0.6) is 0 Å². The fourth-order valence-corrected chi connectivity index (χ4v) is 1.17. The summed E-state index contributed by atoms with van der Waals surface area (Å²) in [6.07, 6.45) is -0.211. The van der Waals surface area contributed by atoms with Crippen LogP contribution in [0.2, 0.25) is 0 Å². The first-order valence-corrected chi connectivity index (χ1v) is 4.92. The minimum atomic E-state index is -0.750. The molecule has 2 N–H and O–H groups in total. The summed E-state index contributed by atoms with van der Waals surface area (Å²) in [6.45, 7) is 3.68. The lowest BCUT2D eigenvalue weighted by molar-refractivity contribution is -0.140. The van der Waals surface area contributed by atoms with Gasteiger partial charge in [0.1, 0.15) is 0 Å². The Kier molecular flexibility index (Phi) is 6.49. The summed E-state index contributed by atoms with van der Waals surface area (Å²) in [5, 5.41) is 18.9. The number of hydrogen-bond donors (Lipinski definition) is 2. The Bertz CT molecular complexity index is 168. The van der Waals surface area contributed by atoms with E-state index >= 15 is 0 Å². The van der Waals surface area contributed by atoms with Gasteiger partial charge in [-0.1, -0.05) is 13.8 Å². The monoisotopic (exact) mass is 204 g/mol. The third kappa shape index (κ3) is 5.19. The highest BCUT2D eigenvalue weighted by Gasteiger charge is 2.19. The lowest BCUT2D eigenvalue weighted by atomic mass is 9.98. The number of carbonyl (C=O) groups excluding carboxylic acids is 1. The number of carbonyl (C=O) groups is 1. The zero-order valence-electron chi connectivity index (χ0n) is 9.06. The van der Waals surface area contributed by atoms with Gasteiger partial charge in [0.05, 0.1) is 19.3 Å². The Morgan fingerprint density at radius 2 is 1.93 bits per heavy atom. The van der Waals surface area contributed by atoms with Gasteiger partial charge in [-0.15, -0.1) is 0 Å². The molecule has 2 atom stereocenters. The third-order valence-electron chi connectivity index (χ3n) is 2.19. The summed E-state index contributed by atoms with van der Waals surface area (Å²) in [7, 11) is 1.34. The second kappa shape index (κ2) is 6.79. The average molecular weight is 204 g/mol. The maximum absolute atomic E-state index is 10.7. The molecule has 4 nitrogen and oxygen atoms in total. The standard InChI is InChI=1S/C10H20O4/c1-7(2)10(13)8(11)5-4-6-9(12)14-3/h7-8,10-11,13H,4-6H2,1-3H3/t8-,10+/m1/s1. The number of aliphatic hydroxyl groups excluding tert-OH is 2. The van der Waals surface area contributed by atoms with E-state index in [9.17, 15) is 15.0 Å². The Morgan fingerprint density at radius 3 is 2.36 bits per heavy atom. The van der Waals surface area contributed by atoms with Crippen molar-refractivity contribution in [1.82, 2.24) is 0 Å². The second-order valence-electron chi connectivity index (χ2n) is 3.77. The summed E-state index contributed by atoms with van der Waals surface area (Å²) < 4.78 is 4.46.